The largest absolute Gasteiger partial charge is 0.339 e. The fourth-order valence-electron chi connectivity index (χ4n) is 3.31. The van der Waals surface area contributed by atoms with Crippen LogP contribution in [0.15, 0.2) is 18.5 Å². The topological polar surface area (TPSA) is 52.6 Å². The van der Waals surface area contributed by atoms with E-state index >= 15 is 0 Å². The summed E-state index contributed by atoms with van der Waals surface area (Å²) in [5.74, 6) is 1.08. The summed E-state index contributed by atoms with van der Waals surface area (Å²) in [6.07, 6.45) is 7.09. The molecule has 2 fully saturated rings. The minimum absolute atomic E-state index is 0.289. The standard InChI is InChI=1S/C16H25N5O/c1-14-5-2-3-8-21(14)15(22)13-19-9-11-20(12-10-19)16-17-6-4-7-18-16/h4,6-7,14H,2-3,5,8-13H2,1H3. The van der Waals surface area contributed by atoms with Gasteiger partial charge in [0.05, 0.1) is 6.54 Å². The molecule has 3 heterocycles. The van der Waals surface area contributed by atoms with Crippen LogP contribution in [0, 0.1) is 0 Å². The Kier molecular flexibility index (Phi) is 4.87. The quantitative estimate of drug-likeness (QED) is 0.834. The van der Waals surface area contributed by atoms with Crippen LogP contribution in [0.4, 0.5) is 5.95 Å². The smallest absolute Gasteiger partial charge is 0.236 e. The zero-order valence-electron chi connectivity index (χ0n) is 13.3. The van der Waals surface area contributed by atoms with Crippen molar-refractivity contribution in [1.82, 2.24) is 19.8 Å². The zero-order chi connectivity index (χ0) is 15.4. The predicted octanol–water partition coefficient (Wildman–Crippen LogP) is 1.000. The maximum atomic E-state index is 12.5. The second kappa shape index (κ2) is 7.05. The number of carbonyl (C=O) groups excluding carboxylic acids is 1. The van der Waals surface area contributed by atoms with Crippen molar-refractivity contribution in [2.75, 3.05) is 44.2 Å². The van der Waals surface area contributed by atoms with Gasteiger partial charge < -0.3 is 9.80 Å². The van der Waals surface area contributed by atoms with E-state index in [1.54, 1.807) is 12.4 Å². The minimum atomic E-state index is 0.289. The highest BCUT2D eigenvalue weighted by molar-refractivity contribution is 5.78. The second-order valence-corrected chi connectivity index (χ2v) is 6.24. The molecular weight excluding hydrogens is 278 g/mol. The van der Waals surface area contributed by atoms with E-state index in [-0.39, 0.29) is 5.91 Å². The van der Waals surface area contributed by atoms with E-state index < -0.39 is 0 Å². The Balaban J connectivity index is 1.48. The van der Waals surface area contributed by atoms with Gasteiger partial charge in [-0.05, 0) is 32.3 Å². The molecule has 1 unspecified atom stereocenters. The number of hydrogen-bond acceptors (Lipinski definition) is 5. The number of anilines is 1. The fourth-order valence-corrected chi connectivity index (χ4v) is 3.31. The summed E-state index contributed by atoms with van der Waals surface area (Å²) in [5, 5.41) is 0. The molecule has 0 saturated carbocycles. The summed E-state index contributed by atoms with van der Waals surface area (Å²) in [5.41, 5.74) is 0. The van der Waals surface area contributed by atoms with Crippen molar-refractivity contribution in [3.05, 3.63) is 18.5 Å². The SMILES string of the molecule is CC1CCCCN1C(=O)CN1CCN(c2ncccn2)CC1. The predicted molar refractivity (Wildman–Crippen MR) is 85.7 cm³/mol. The fraction of sp³-hybridized carbons (Fsp3) is 0.688. The molecule has 0 N–H and O–H groups in total. The van der Waals surface area contributed by atoms with Crippen LogP contribution < -0.4 is 4.90 Å². The normalized spacial score (nSPS) is 23.6. The maximum absolute atomic E-state index is 12.5. The second-order valence-electron chi connectivity index (χ2n) is 6.24. The monoisotopic (exact) mass is 303 g/mol. The zero-order valence-corrected chi connectivity index (χ0v) is 13.3. The van der Waals surface area contributed by atoms with Crippen molar-refractivity contribution in [2.24, 2.45) is 0 Å². The van der Waals surface area contributed by atoms with Gasteiger partial charge in [-0.15, -0.1) is 0 Å². The van der Waals surface area contributed by atoms with E-state index in [4.69, 9.17) is 0 Å². The number of carbonyl (C=O) groups is 1. The summed E-state index contributed by atoms with van der Waals surface area (Å²) in [4.78, 5) is 27.6. The molecule has 1 atom stereocenters. The first-order valence-electron chi connectivity index (χ1n) is 8.28. The molecule has 2 saturated heterocycles. The molecule has 0 radical (unpaired) electrons. The van der Waals surface area contributed by atoms with Gasteiger partial charge in [-0.3, -0.25) is 9.69 Å². The summed E-state index contributed by atoms with van der Waals surface area (Å²) in [6, 6.07) is 2.23. The van der Waals surface area contributed by atoms with Gasteiger partial charge >= 0.3 is 0 Å². The summed E-state index contributed by atoms with van der Waals surface area (Å²) >= 11 is 0. The molecule has 6 nitrogen and oxygen atoms in total. The van der Waals surface area contributed by atoms with Gasteiger partial charge in [-0.25, -0.2) is 9.97 Å². The van der Waals surface area contributed by atoms with Crippen LogP contribution in [0.5, 0.6) is 0 Å². The minimum Gasteiger partial charge on any atom is -0.339 e. The molecule has 3 rings (SSSR count). The van der Waals surface area contributed by atoms with Crippen LogP contribution in [0.3, 0.4) is 0 Å². The summed E-state index contributed by atoms with van der Waals surface area (Å²) in [7, 11) is 0. The van der Waals surface area contributed by atoms with Crippen LogP contribution in [0.2, 0.25) is 0 Å². The van der Waals surface area contributed by atoms with Crippen LogP contribution in [-0.2, 0) is 4.79 Å². The molecule has 6 heteroatoms. The molecule has 0 bridgehead atoms. The van der Waals surface area contributed by atoms with Gasteiger partial charge in [0.15, 0.2) is 0 Å². The first-order valence-corrected chi connectivity index (χ1v) is 8.28. The molecule has 22 heavy (non-hydrogen) atoms. The molecule has 2 aliphatic heterocycles. The third-order valence-electron chi connectivity index (χ3n) is 4.69. The van der Waals surface area contributed by atoms with Crippen molar-refractivity contribution in [1.29, 1.82) is 0 Å². The van der Waals surface area contributed by atoms with Crippen molar-refractivity contribution < 1.29 is 4.79 Å². The van der Waals surface area contributed by atoms with Crippen molar-refractivity contribution in [2.45, 2.75) is 32.2 Å². The number of nitrogens with zero attached hydrogens (tertiary/aromatic N) is 5. The van der Waals surface area contributed by atoms with Crippen LogP contribution in [0.1, 0.15) is 26.2 Å². The van der Waals surface area contributed by atoms with Gasteiger partial charge in [0.2, 0.25) is 11.9 Å². The number of piperazine rings is 1. The lowest BCUT2D eigenvalue weighted by molar-refractivity contribution is -0.135. The third kappa shape index (κ3) is 3.55. The Morgan fingerprint density at radius 1 is 1.14 bits per heavy atom. The van der Waals surface area contributed by atoms with Crippen LogP contribution >= 0.6 is 0 Å². The number of rotatable bonds is 3. The highest BCUT2D eigenvalue weighted by Crippen LogP contribution is 2.17. The van der Waals surface area contributed by atoms with Gasteiger partial charge in [-0.2, -0.15) is 0 Å². The number of hydrogen-bond donors (Lipinski definition) is 0. The van der Waals surface area contributed by atoms with Crippen LogP contribution in [0.25, 0.3) is 0 Å². The van der Waals surface area contributed by atoms with Gasteiger partial charge in [0.25, 0.3) is 0 Å². The Hall–Kier alpha value is -1.69. The number of likely N-dealkylation sites (tertiary alicyclic amines) is 1. The maximum Gasteiger partial charge on any atom is 0.236 e. The van der Waals surface area contributed by atoms with E-state index in [2.05, 4.69) is 31.6 Å². The molecule has 0 aliphatic carbocycles. The van der Waals surface area contributed by atoms with Crippen LogP contribution in [-0.4, -0.2) is 71.0 Å². The van der Waals surface area contributed by atoms with E-state index in [1.807, 2.05) is 6.07 Å². The molecule has 120 valence electrons. The summed E-state index contributed by atoms with van der Waals surface area (Å²) < 4.78 is 0. The molecule has 1 aromatic rings. The van der Waals surface area contributed by atoms with Crippen molar-refractivity contribution >= 4 is 11.9 Å². The molecule has 1 aromatic heterocycles. The van der Waals surface area contributed by atoms with Gasteiger partial charge in [0, 0.05) is 51.2 Å². The Morgan fingerprint density at radius 2 is 1.86 bits per heavy atom. The molecule has 0 aromatic carbocycles. The lowest BCUT2D eigenvalue weighted by Gasteiger charge is -2.38. The summed E-state index contributed by atoms with van der Waals surface area (Å²) in [6.45, 7) is 7.20. The lowest BCUT2D eigenvalue weighted by Crippen LogP contribution is -2.52. The van der Waals surface area contributed by atoms with E-state index in [0.29, 0.717) is 12.6 Å². The first kappa shape index (κ1) is 15.2. The van der Waals surface area contributed by atoms with E-state index in [9.17, 15) is 4.79 Å². The average molecular weight is 303 g/mol. The molecule has 1 amide bonds. The number of aromatic nitrogens is 2. The molecule has 2 aliphatic rings. The Morgan fingerprint density at radius 3 is 2.55 bits per heavy atom. The molecule has 0 spiro atoms. The van der Waals surface area contributed by atoms with E-state index in [0.717, 1.165) is 51.5 Å². The van der Waals surface area contributed by atoms with E-state index in [1.165, 1.54) is 6.42 Å². The van der Waals surface area contributed by atoms with Crippen molar-refractivity contribution in [3.8, 4) is 0 Å². The Labute approximate surface area is 132 Å². The average Bonchev–Trinajstić information content (AvgIpc) is 2.57. The number of piperidine rings is 1. The first-order chi connectivity index (χ1) is 10.7. The van der Waals surface area contributed by atoms with Gasteiger partial charge in [0.1, 0.15) is 0 Å². The lowest BCUT2D eigenvalue weighted by atomic mass is 10.0. The third-order valence-corrected chi connectivity index (χ3v) is 4.69. The highest BCUT2D eigenvalue weighted by Gasteiger charge is 2.26. The highest BCUT2D eigenvalue weighted by atomic mass is 16.2. The number of amides is 1. The molecular formula is C16H25N5O. The van der Waals surface area contributed by atoms with Crippen molar-refractivity contribution in [3.63, 3.8) is 0 Å². The Bertz CT molecular complexity index is 487. The van der Waals surface area contributed by atoms with Gasteiger partial charge in [-0.1, -0.05) is 0 Å².